The molecule has 1 heteroatoms. The summed E-state index contributed by atoms with van der Waals surface area (Å²) in [5, 5.41) is 1.39. The highest BCUT2D eigenvalue weighted by Gasteiger charge is 2.09. The molecule has 0 aliphatic heterocycles. The maximum absolute atomic E-state index is 2.23. The van der Waals surface area contributed by atoms with Crippen LogP contribution in [0.1, 0.15) is 18.1 Å². The Morgan fingerprint density at radius 1 is 1.21 bits per heavy atom. The van der Waals surface area contributed by atoms with Crippen molar-refractivity contribution >= 4 is 10.9 Å². The second kappa shape index (κ2) is 3.41. The predicted octanol–water partition coefficient (Wildman–Crippen LogP) is 2.54. The fraction of sp³-hybridized carbons (Fsp3) is 0.308. The lowest BCUT2D eigenvalue weighted by atomic mass is 10.0. The molecule has 2 aromatic rings. The fourth-order valence-electron chi connectivity index (χ4n) is 2.06. The number of nitrogens with zero attached hydrogens (tertiary/aromatic N) is 1. The lowest BCUT2D eigenvalue weighted by molar-refractivity contribution is -0.645. The second-order valence-electron chi connectivity index (χ2n) is 3.78. The highest BCUT2D eigenvalue weighted by atomic mass is 14.9. The molecule has 2 rings (SSSR count). The summed E-state index contributed by atoms with van der Waals surface area (Å²) in [6, 6.07) is 8.76. The van der Waals surface area contributed by atoms with E-state index in [1.807, 2.05) is 0 Å². The Balaban J connectivity index is 2.91. The molecule has 0 aliphatic carbocycles. The van der Waals surface area contributed by atoms with Crippen molar-refractivity contribution in [1.29, 1.82) is 0 Å². The molecule has 14 heavy (non-hydrogen) atoms. The highest BCUT2D eigenvalue weighted by Crippen LogP contribution is 2.19. The van der Waals surface area contributed by atoms with Crippen molar-refractivity contribution in [2.24, 2.45) is 7.05 Å². The third-order valence-corrected chi connectivity index (χ3v) is 2.82. The molecular formula is C13H16N+. The van der Waals surface area contributed by atoms with E-state index in [0.717, 1.165) is 6.42 Å². The summed E-state index contributed by atoms with van der Waals surface area (Å²) in [5.74, 6) is 0. The van der Waals surface area contributed by atoms with E-state index in [9.17, 15) is 0 Å². The molecule has 0 N–H and O–H groups in total. The zero-order chi connectivity index (χ0) is 10.1. The van der Waals surface area contributed by atoms with E-state index in [1.165, 1.54) is 22.0 Å². The van der Waals surface area contributed by atoms with E-state index in [1.54, 1.807) is 0 Å². The third kappa shape index (κ3) is 1.29. The maximum atomic E-state index is 2.23. The first kappa shape index (κ1) is 9.20. The van der Waals surface area contributed by atoms with Crippen LogP contribution in [0.15, 0.2) is 30.5 Å². The van der Waals surface area contributed by atoms with Gasteiger partial charge in [0.15, 0.2) is 6.20 Å². The molecule has 1 aromatic carbocycles. The number of fused-ring (bicyclic) bond motifs is 1. The quantitative estimate of drug-likeness (QED) is 0.603. The first-order chi connectivity index (χ1) is 6.74. The first-order valence-electron chi connectivity index (χ1n) is 5.11. The standard InChI is InChI=1S/C13H16N/c1-4-11-8-7-10(2)13-12(11)6-5-9-14(13)3/h5-9H,4H2,1-3H3/q+1. The summed E-state index contributed by atoms with van der Waals surface area (Å²) in [7, 11) is 2.11. The molecule has 0 radical (unpaired) electrons. The van der Waals surface area contributed by atoms with Crippen LogP contribution in [0.3, 0.4) is 0 Å². The van der Waals surface area contributed by atoms with Crippen molar-refractivity contribution < 1.29 is 4.57 Å². The average Bonchev–Trinajstić information content (AvgIpc) is 2.18. The van der Waals surface area contributed by atoms with E-state index in [4.69, 9.17) is 0 Å². The predicted molar refractivity (Wildman–Crippen MR) is 59.2 cm³/mol. The molecule has 0 atom stereocenters. The number of pyridine rings is 1. The van der Waals surface area contributed by atoms with Gasteiger partial charge in [-0.15, -0.1) is 0 Å². The van der Waals surface area contributed by atoms with Crippen LogP contribution < -0.4 is 4.57 Å². The van der Waals surface area contributed by atoms with Gasteiger partial charge >= 0.3 is 0 Å². The van der Waals surface area contributed by atoms with E-state index in [-0.39, 0.29) is 0 Å². The SMILES string of the molecule is CCc1ccc(C)c2c1ccc[n+]2C. The Morgan fingerprint density at radius 3 is 2.71 bits per heavy atom. The van der Waals surface area contributed by atoms with Crippen LogP contribution >= 0.6 is 0 Å². The third-order valence-electron chi connectivity index (χ3n) is 2.82. The summed E-state index contributed by atoms with van der Waals surface area (Å²) in [5.41, 5.74) is 4.13. The zero-order valence-corrected chi connectivity index (χ0v) is 9.04. The van der Waals surface area contributed by atoms with Crippen molar-refractivity contribution in [3.63, 3.8) is 0 Å². The average molecular weight is 186 g/mol. The van der Waals surface area contributed by atoms with Gasteiger partial charge in [-0.05, 0) is 25.0 Å². The highest BCUT2D eigenvalue weighted by molar-refractivity contribution is 5.82. The van der Waals surface area contributed by atoms with Crippen LogP contribution in [0.25, 0.3) is 10.9 Å². The first-order valence-corrected chi connectivity index (χ1v) is 5.11. The van der Waals surface area contributed by atoms with Crippen molar-refractivity contribution in [1.82, 2.24) is 0 Å². The number of aryl methyl sites for hydroxylation is 3. The van der Waals surface area contributed by atoms with Crippen molar-refractivity contribution in [2.45, 2.75) is 20.3 Å². The Morgan fingerprint density at radius 2 is 2.00 bits per heavy atom. The summed E-state index contributed by atoms with van der Waals surface area (Å²) in [4.78, 5) is 0. The number of aromatic nitrogens is 1. The van der Waals surface area contributed by atoms with Crippen LogP contribution in [0.4, 0.5) is 0 Å². The van der Waals surface area contributed by atoms with E-state index < -0.39 is 0 Å². The van der Waals surface area contributed by atoms with Gasteiger partial charge in [0.1, 0.15) is 7.05 Å². The van der Waals surface area contributed by atoms with Gasteiger partial charge in [-0.3, -0.25) is 0 Å². The van der Waals surface area contributed by atoms with E-state index in [2.05, 4.69) is 55.9 Å². The van der Waals surface area contributed by atoms with E-state index in [0.29, 0.717) is 0 Å². The number of hydrogen-bond acceptors (Lipinski definition) is 0. The lowest BCUT2D eigenvalue weighted by Crippen LogP contribution is -2.28. The molecule has 0 aliphatic rings. The van der Waals surface area contributed by atoms with Gasteiger partial charge in [-0.2, -0.15) is 0 Å². The minimum absolute atomic E-state index is 1.10. The van der Waals surface area contributed by atoms with Gasteiger partial charge in [-0.25, -0.2) is 4.57 Å². The summed E-state index contributed by atoms with van der Waals surface area (Å²) in [6.45, 7) is 4.37. The minimum atomic E-state index is 1.10. The van der Waals surface area contributed by atoms with Gasteiger partial charge in [-0.1, -0.05) is 19.1 Å². The van der Waals surface area contributed by atoms with Crippen LogP contribution in [-0.4, -0.2) is 0 Å². The number of hydrogen-bond donors (Lipinski definition) is 0. The van der Waals surface area contributed by atoms with Crippen LogP contribution in [0.5, 0.6) is 0 Å². The van der Waals surface area contributed by atoms with Crippen molar-refractivity contribution in [3.05, 3.63) is 41.6 Å². The summed E-state index contributed by atoms with van der Waals surface area (Å²) in [6.07, 6.45) is 3.20. The molecule has 0 amide bonds. The number of rotatable bonds is 1. The molecule has 0 unspecified atom stereocenters. The summed E-state index contributed by atoms with van der Waals surface area (Å²) >= 11 is 0. The number of benzene rings is 1. The molecule has 1 nitrogen and oxygen atoms in total. The minimum Gasteiger partial charge on any atom is -0.201 e. The molecule has 0 saturated carbocycles. The molecule has 0 fully saturated rings. The molecule has 1 aromatic heterocycles. The Kier molecular flexibility index (Phi) is 2.24. The van der Waals surface area contributed by atoms with Gasteiger partial charge in [0.25, 0.3) is 0 Å². The Labute approximate surface area is 85.0 Å². The molecule has 0 saturated heterocycles. The van der Waals surface area contributed by atoms with Crippen LogP contribution in [0.2, 0.25) is 0 Å². The second-order valence-corrected chi connectivity index (χ2v) is 3.78. The van der Waals surface area contributed by atoms with Crippen molar-refractivity contribution in [3.8, 4) is 0 Å². The Bertz CT molecular complexity index is 464. The molecule has 0 bridgehead atoms. The molecule has 0 spiro atoms. The molecule has 72 valence electrons. The molecule has 1 heterocycles. The topological polar surface area (TPSA) is 3.88 Å². The van der Waals surface area contributed by atoms with E-state index >= 15 is 0 Å². The monoisotopic (exact) mass is 186 g/mol. The van der Waals surface area contributed by atoms with Gasteiger partial charge in [0.05, 0.1) is 0 Å². The van der Waals surface area contributed by atoms with Crippen molar-refractivity contribution in [2.75, 3.05) is 0 Å². The fourth-order valence-corrected chi connectivity index (χ4v) is 2.06. The largest absolute Gasteiger partial charge is 0.215 e. The Hall–Kier alpha value is -1.37. The van der Waals surface area contributed by atoms with Crippen LogP contribution in [0, 0.1) is 6.92 Å². The van der Waals surface area contributed by atoms with Gasteiger partial charge in [0, 0.05) is 17.0 Å². The van der Waals surface area contributed by atoms with Gasteiger partial charge in [0.2, 0.25) is 5.52 Å². The molecular weight excluding hydrogens is 170 g/mol. The lowest BCUT2D eigenvalue weighted by Gasteiger charge is -2.04. The zero-order valence-electron chi connectivity index (χ0n) is 9.04. The van der Waals surface area contributed by atoms with Gasteiger partial charge < -0.3 is 0 Å². The van der Waals surface area contributed by atoms with Crippen LogP contribution in [-0.2, 0) is 13.5 Å². The smallest absolute Gasteiger partial charge is 0.201 e. The maximum Gasteiger partial charge on any atom is 0.215 e. The summed E-state index contributed by atoms with van der Waals surface area (Å²) < 4.78 is 2.20. The normalized spacial score (nSPS) is 10.8.